The predicted octanol–water partition coefficient (Wildman–Crippen LogP) is 2.18. The van der Waals surface area contributed by atoms with Crippen LogP contribution in [0.1, 0.15) is 45.4 Å². The van der Waals surface area contributed by atoms with Crippen LogP contribution < -0.4 is 5.32 Å². The molecule has 1 atom stereocenters. The van der Waals surface area contributed by atoms with Gasteiger partial charge in [0.05, 0.1) is 0 Å². The minimum Gasteiger partial charge on any atom is -0.314 e. The molecule has 1 heterocycles. The Morgan fingerprint density at radius 1 is 1.06 bits per heavy atom. The lowest BCUT2D eigenvalue weighted by Crippen LogP contribution is -2.36. The molecule has 0 aromatic heterocycles. The molecule has 1 aliphatic heterocycles. The average Bonchev–Trinajstić information content (AvgIpc) is 2.37. The molecule has 108 valence electrons. The summed E-state index contributed by atoms with van der Waals surface area (Å²) in [6.07, 6.45) is 8.19. The molecule has 1 rings (SSSR count). The maximum absolute atomic E-state index is 3.65. The summed E-state index contributed by atoms with van der Waals surface area (Å²) in [7, 11) is 4.33. The molecular formula is C15H33N3. The molecule has 3 heteroatoms. The van der Waals surface area contributed by atoms with Crippen LogP contribution in [0.25, 0.3) is 0 Å². The third-order valence-corrected chi connectivity index (χ3v) is 3.84. The summed E-state index contributed by atoms with van der Waals surface area (Å²) < 4.78 is 0. The first-order valence-corrected chi connectivity index (χ1v) is 7.83. The topological polar surface area (TPSA) is 18.5 Å². The standard InChI is InChI=1S/C15H33N3/c1-4-11-18(14-13-17(2)3)12-7-9-15-8-5-6-10-16-15/h15-16H,4-14H2,1-3H3. The van der Waals surface area contributed by atoms with E-state index in [1.807, 2.05) is 0 Å². The molecule has 1 fully saturated rings. The second-order valence-corrected chi connectivity index (χ2v) is 5.93. The quantitative estimate of drug-likeness (QED) is 0.681. The van der Waals surface area contributed by atoms with Crippen LogP contribution in [0.2, 0.25) is 0 Å². The summed E-state index contributed by atoms with van der Waals surface area (Å²) in [6.45, 7) is 8.46. The average molecular weight is 255 g/mol. The fraction of sp³-hybridized carbons (Fsp3) is 1.00. The van der Waals surface area contributed by atoms with Gasteiger partial charge in [0.15, 0.2) is 0 Å². The summed E-state index contributed by atoms with van der Waals surface area (Å²) in [5, 5.41) is 3.65. The molecular weight excluding hydrogens is 222 g/mol. The van der Waals surface area contributed by atoms with Crippen molar-refractivity contribution in [3.05, 3.63) is 0 Å². The molecule has 0 spiro atoms. The lowest BCUT2D eigenvalue weighted by Gasteiger charge is -2.26. The van der Waals surface area contributed by atoms with Gasteiger partial charge in [-0.15, -0.1) is 0 Å². The lowest BCUT2D eigenvalue weighted by atomic mass is 10.0. The van der Waals surface area contributed by atoms with Crippen molar-refractivity contribution in [3.8, 4) is 0 Å². The van der Waals surface area contributed by atoms with E-state index in [4.69, 9.17) is 0 Å². The van der Waals surface area contributed by atoms with Gasteiger partial charge in [0.2, 0.25) is 0 Å². The van der Waals surface area contributed by atoms with Crippen LogP contribution in [-0.2, 0) is 0 Å². The molecule has 3 nitrogen and oxygen atoms in total. The van der Waals surface area contributed by atoms with Gasteiger partial charge >= 0.3 is 0 Å². The smallest absolute Gasteiger partial charge is 0.0109 e. The Morgan fingerprint density at radius 2 is 1.89 bits per heavy atom. The number of hydrogen-bond acceptors (Lipinski definition) is 3. The zero-order valence-electron chi connectivity index (χ0n) is 12.7. The van der Waals surface area contributed by atoms with Crippen molar-refractivity contribution in [3.63, 3.8) is 0 Å². The Hall–Kier alpha value is -0.120. The Morgan fingerprint density at radius 3 is 2.50 bits per heavy atom. The molecule has 0 bridgehead atoms. The van der Waals surface area contributed by atoms with E-state index in [9.17, 15) is 0 Å². The van der Waals surface area contributed by atoms with E-state index in [1.54, 1.807) is 0 Å². The van der Waals surface area contributed by atoms with E-state index < -0.39 is 0 Å². The second-order valence-electron chi connectivity index (χ2n) is 5.93. The highest BCUT2D eigenvalue weighted by Gasteiger charge is 2.12. The van der Waals surface area contributed by atoms with E-state index in [2.05, 4.69) is 36.1 Å². The predicted molar refractivity (Wildman–Crippen MR) is 80.2 cm³/mol. The molecule has 1 unspecified atom stereocenters. The zero-order chi connectivity index (χ0) is 13.2. The number of hydrogen-bond donors (Lipinski definition) is 1. The van der Waals surface area contributed by atoms with Crippen molar-refractivity contribution in [2.45, 2.75) is 51.5 Å². The van der Waals surface area contributed by atoms with Gasteiger partial charge in [0.25, 0.3) is 0 Å². The highest BCUT2D eigenvalue weighted by molar-refractivity contribution is 4.72. The number of nitrogens with zero attached hydrogens (tertiary/aromatic N) is 2. The molecule has 0 aliphatic carbocycles. The summed E-state index contributed by atoms with van der Waals surface area (Å²) in [4.78, 5) is 4.91. The number of likely N-dealkylation sites (N-methyl/N-ethyl adjacent to an activating group) is 1. The molecule has 0 aromatic carbocycles. The summed E-state index contributed by atoms with van der Waals surface area (Å²) in [6, 6.07) is 0.802. The number of piperidine rings is 1. The molecule has 1 aliphatic rings. The van der Waals surface area contributed by atoms with Crippen molar-refractivity contribution in [2.24, 2.45) is 0 Å². The maximum atomic E-state index is 3.65. The SMILES string of the molecule is CCCN(CCCC1CCCCN1)CCN(C)C. The monoisotopic (exact) mass is 255 g/mol. The molecule has 0 amide bonds. The lowest BCUT2D eigenvalue weighted by molar-refractivity contribution is 0.231. The first-order valence-electron chi connectivity index (χ1n) is 7.83. The number of nitrogens with one attached hydrogen (secondary N) is 1. The van der Waals surface area contributed by atoms with Gasteiger partial charge in [-0.2, -0.15) is 0 Å². The Bertz CT molecular complexity index is 188. The molecule has 0 aromatic rings. The molecule has 18 heavy (non-hydrogen) atoms. The summed E-state index contributed by atoms with van der Waals surface area (Å²) >= 11 is 0. The minimum absolute atomic E-state index is 0.802. The zero-order valence-corrected chi connectivity index (χ0v) is 12.7. The second kappa shape index (κ2) is 9.76. The van der Waals surface area contributed by atoms with Gasteiger partial charge in [-0.3, -0.25) is 0 Å². The minimum atomic E-state index is 0.802. The van der Waals surface area contributed by atoms with Crippen LogP contribution in [0.15, 0.2) is 0 Å². The van der Waals surface area contributed by atoms with Crippen LogP contribution in [0, 0.1) is 0 Å². The summed E-state index contributed by atoms with van der Waals surface area (Å²) in [5.74, 6) is 0. The van der Waals surface area contributed by atoms with Crippen LogP contribution in [0.3, 0.4) is 0 Å². The van der Waals surface area contributed by atoms with Crippen LogP contribution in [-0.4, -0.2) is 62.7 Å². The van der Waals surface area contributed by atoms with Gasteiger partial charge < -0.3 is 15.1 Å². The van der Waals surface area contributed by atoms with E-state index in [0.29, 0.717) is 0 Å². The Kier molecular flexibility index (Phi) is 8.64. The van der Waals surface area contributed by atoms with Crippen LogP contribution in [0.5, 0.6) is 0 Å². The van der Waals surface area contributed by atoms with E-state index >= 15 is 0 Å². The highest BCUT2D eigenvalue weighted by atomic mass is 15.2. The third kappa shape index (κ3) is 7.34. The first kappa shape index (κ1) is 15.9. The molecule has 0 saturated carbocycles. The Labute approximate surface area is 114 Å². The van der Waals surface area contributed by atoms with Gasteiger partial charge in [-0.25, -0.2) is 0 Å². The van der Waals surface area contributed by atoms with Gasteiger partial charge in [-0.1, -0.05) is 13.3 Å². The van der Waals surface area contributed by atoms with Gasteiger partial charge in [0, 0.05) is 19.1 Å². The van der Waals surface area contributed by atoms with Crippen molar-refractivity contribution in [1.29, 1.82) is 0 Å². The fourth-order valence-corrected chi connectivity index (χ4v) is 2.72. The maximum Gasteiger partial charge on any atom is 0.0109 e. The van der Waals surface area contributed by atoms with Crippen molar-refractivity contribution in [2.75, 3.05) is 46.8 Å². The van der Waals surface area contributed by atoms with Gasteiger partial charge in [0.1, 0.15) is 0 Å². The van der Waals surface area contributed by atoms with Crippen molar-refractivity contribution in [1.82, 2.24) is 15.1 Å². The van der Waals surface area contributed by atoms with E-state index in [-0.39, 0.29) is 0 Å². The van der Waals surface area contributed by atoms with Gasteiger partial charge in [-0.05, 0) is 65.8 Å². The van der Waals surface area contributed by atoms with Crippen LogP contribution >= 0.6 is 0 Å². The largest absolute Gasteiger partial charge is 0.314 e. The Balaban J connectivity index is 2.11. The summed E-state index contributed by atoms with van der Waals surface area (Å²) in [5.41, 5.74) is 0. The van der Waals surface area contributed by atoms with E-state index in [1.165, 1.54) is 71.2 Å². The van der Waals surface area contributed by atoms with E-state index in [0.717, 1.165) is 6.04 Å². The fourth-order valence-electron chi connectivity index (χ4n) is 2.72. The molecule has 1 saturated heterocycles. The molecule has 1 N–H and O–H groups in total. The van der Waals surface area contributed by atoms with Crippen molar-refractivity contribution < 1.29 is 0 Å². The van der Waals surface area contributed by atoms with Crippen molar-refractivity contribution >= 4 is 0 Å². The number of rotatable bonds is 9. The first-order chi connectivity index (χ1) is 8.72. The highest BCUT2D eigenvalue weighted by Crippen LogP contribution is 2.12. The molecule has 0 radical (unpaired) electrons. The van der Waals surface area contributed by atoms with Crippen LogP contribution in [0.4, 0.5) is 0 Å². The third-order valence-electron chi connectivity index (χ3n) is 3.84. The normalized spacial score (nSPS) is 20.8.